The zero-order valence-electron chi connectivity index (χ0n) is 18.7. The van der Waals surface area contributed by atoms with Gasteiger partial charge in [-0.05, 0) is 37.5 Å². The van der Waals surface area contributed by atoms with E-state index in [9.17, 15) is 14.7 Å². The molecule has 10 heteroatoms. The van der Waals surface area contributed by atoms with Gasteiger partial charge in [-0.2, -0.15) is 4.99 Å². The Morgan fingerprint density at radius 3 is 2.65 bits per heavy atom. The predicted molar refractivity (Wildman–Crippen MR) is 121 cm³/mol. The highest BCUT2D eigenvalue weighted by Gasteiger charge is 2.17. The molecule has 1 heterocycles. The molecule has 0 bridgehead atoms. The van der Waals surface area contributed by atoms with Gasteiger partial charge in [0.1, 0.15) is 0 Å². The highest BCUT2D eigenvalue weighted by Crippen LogP contribution is 2.22. The summed E-state index contributed by atoms with van der Waals surface area (Å²) in [5.74, 6) is -0.472. The van der Waals surface area contributed by atoms with Crippen LogP contribution in [-0.2, 0) is 11.3 Å². The maximum absolute atomic E-state index is 12.4. The van der Waals surface area contributed by atoms with Gasteiger partial charge in [-0.25, -0.2) is 4.98 Å². The number of nitrogens with one attached hydrogen (secondary N) is 2. The SMILES string of the molecule is CC.CNC(=O)c1nc2cc(C)c(NCCN)cc2n(CC[C@H](O)CCO)c1=NC=O. The molecule has 1 aromatic carbocycles. The third kappa shape index (κ3) is 6.84. The van der Waals surface area contributed by atoms with Crippen molar-refractivity contribution in [1.82, 2.24) is 14.9 Å². The summed E-state index contributed by atoms with van der Waals surface area (Å²) in [6.07, 6.45) is 0.161. The molecule has 0 aliphatic rings. The molecule has 10 nitrogen and oxygen atoms in total. The molecule has 172 valence electrons. The second kappa shape index (κ2) is 13.5. The van der Waals surface area contributed by atoms with Crippen molar-refractivity contribution < 1.29 is 19.8 Å². The van der Waals surface area contributed by atoms with Crippen LogP contribution in [0.1, 0.15) is 42.7 Å². The number of benzene rings is 1. The van der Waals surface area contributed by atoms with Gasteiger partial charge in [0.2, 0.25) is 6.41 Å². The summed E-state index contributed by atoms with van der Waals surface area (Å²) in [6.45, 7) is 7.10. The molecule has 0 fully saturated rings. The van der Waals surface area contributed by atoms with Crippen molar-refractivity contribution in [2.24, 2.45) is 10.7 Å². The normalized spacial score (nSPS) is 12.2. The molecule has 0 spiro atoms. The number of fused-ring (bicyclic) bond motifs is 1. The first kappa shape index (κ1) is 26.2. The Morgan fingerprint density at radius 1 is 1.35 bits per heavy atom. The van der Waals surface area contributed by atoms with E-state index in [-0.39, 0.29) is 30.8 Å². The largest absolute Gasteiger partial charge is 0.396 e. The minimum Gasteiger partial charge on any atom is -0.396 e. The summed E-state index contributed by atoms with van der Waals surface area (Å²) in [7, 11) is 1.47. The highest BCUT2D eigenvalue weighted by atomic mass is 16.3. The summed E-state index contributed by atoms with van der Waals surface area (Å²) >= 11 is 0. The Labute approximate surface area is 182 Å². The maximum atomic E-state index is 12.4. The molecule has 0 unspecified atom stereocenters. The zero-order chi connectivity index (χ0) is 23.4. The molecular weight excluding hydrogens is 400 g/mol. The molecule has 0 aliphatic carbocycles. The van der Waals surface area contributed by atoms with Gasteiger partial charge in [0.25, 0.3) is 5.91 Å². The van der Waals surface area contributed by atoms with Gasteiger partial charge in [0.05, 0.1) is 17.1 Å². The lowest BCUT2D eigenvalue weighted by Crippen LogP contribution is -2.35. The van der Waals surface area contributed by atoms with Gasteiger partial charge in [0, 0.05) is 39.0 Å². The quantitative estimate of drug-likeness (QED) is 0.337. The molecule has 6 N–H and O–H groups in total. The van der Waals surface area contributed by atoms with Gasteiger partial charge in [0.15, 0.2) is 11.2 Å². The van der Waals surface area contributed by atoms with Crippen molar-refractivity contribution in [3.63, 3.8) is 0 Å². The Bertz CT molecular complexity index is 942. The average molecular weight is 435 g/mol. The summed E-state index contributed by atoms with van der Waals surface area (Å²) in [5.41, 5.74) is 8.69. The smallest absolute Gasteiger partial charge is 0.273 e. The van der Waals surface area contributed by atoms with E-state index >= 15 is 0 Å². The fourth-order valence-corrected chi connectivity index (χ4v) is 3.05. The Hall–Kier alpha value is -2.82. The first-order valence-electron chi connectivity index (χ1n) is 10.4. The molecule has 0 radical (unpaired) electrons. The number of rotatable bonds is 10. The second-order valence-electron chi connectivity index (χ2n) is 6.58. The van der Waals surface area contributed by atoms with Crippen LogP contribution in [0.25, 0.3) is 11.0 Å². The molecule has 1 aromatic heterocycles. The molecule has 0 saturated heterocycles. The Kier molecular flexibility index (Phi) is 11.4. The van der Waals surface area contributed by atoms with Crippen molar-refractivity contribution in [2.75, 3.05) is 32.1 Å². The van der Waals surface area contributed by atoms with Crippen LogP contribution in [-0.4, -0.2) is 64.9 Å². The second-order valence-corrected chi connectivity index (χ2v) is 6.58. The van der Waals surface area contributed by atoms with E-state index in [1.54, 1.807) is 4.57 Å². The van der Waals surface area contributed by atoms with Crippen LogP contribution >= 0.6 is 0 Å². The number of amides is 2. The highest BCUT2D eigenvalue weighted by molar-refractivity contribution is 5.94. The van der Waals surface area contributed by atoms with Gasteiger partial charge >= 0.3 is 0 Å². The first-order chi connectivity index (χ1) is 15.0. The van der Waals surface area contributed by atoms with E-state index in [2.05, 4.69) is 20.6 Å². The number of aliphatic hydroxyl groups is 2. The molecular formula is C21H34N6O4. The number of aliphatic hydroxyl groups excluding tert-OH is 2. The molecule has 1 atom stereocenters. The minimum absolute atomic E-state index is 0.0193. The van der Waals surface area contributed by atoms with E-state index in [1.165, 1.54) is 7.05 Å². The number of aryl methyl sites for hydroxylation is 2. The van der Waals surface area contributed by atoms with Gasteiger partial charge in [-0.15, -0.1) is 0 Å². The number of hydrogen-bond acceptors (Lipinski definition) is 7. The van der Waals surface area contributed by atoms with Crippen molar-refractivity contribution in [3.05, 3.63) is 28.9 Å². The third-order valence-corrected chi connectivity index (χ3v) is 4.54. The van der Waals surface area contributed by atoms with Crippen LogP contribution < -0.4 is 21.9 Å². The van der Waals surface area contributed by atoms with Crippen LogP contribution in [0.5, 0.6) is 0 Å². The van der Waals surface area contributed by atoms with Crippen LogP contribution in [0.15, 0.2) is 17.1 Å². The molecule has 2 aromatic rings. The van der Waals surface area contributed by atoms with E-state index in [0.717, 1.165) is 11.3 Å². The van der Waals surface area contributed by atoms with Gasteiger partial charge in [-0.1, -0.05) is 13.8 Å². The van der Waals surface area contributed by atoms with E-state index in [1.807, 2.05) is 32.9 Å². The third-order valence-electron chi connectivity index (χ3n) is 4.54. The van der Waals surface area contributed by atoms with Crippen molar-refractivity contribution >= 4 is 29.0 Å². The maximum Gasteiger partial charge on any atom is 0.273 e. The fraction of sp³-hybridized carbons (Fsp3) is 0.524. The predicted octanol–water partition coefficient (Wildman–Crippen LogP) is 0.292. The molecule has 2 rings (SSSR count). The summed E-state index contributed by atoms with van der Waals surface area (Å²) < 4.78 is 1.69. The number of aromatic nitrogens is 2. The summed E-state index contributed by atoms with van der Waals surface area (Å²) in [4.78, 5) is 31.8. The van der Waals surface area contributed by atoms with Crippen molar-refractivity contribution in [2.45, 2.75) is 46.3 Å². The van der Waals surface area contributed by atoms with E-state index < -0.39 is 12.0 Å². The van der Waals surface area contributed by atoms with Crippen molar-refractivity contribution in [3.8, 4) is 0 Å². The standard InChI is InChI=1S/C19H28N6O4.C2H6/c1-12-9-15-16(10-14(12)22-6-5-20)25(7-3-13(28)4-8-26)18(23-11-27)17(24-15)19(29)21-2;1-2/h9-11,13,22,26,28H,3-8,20H2,1-2H3,(H,21,29);1-2H3/t13-;/m0./s1. The number of carbonyl (C=O) groups excluding carboxylic acids is 2. The number of carbonyl (C=O) groups is 2. The monoisotopic (exact) mass is 434 g/mol. The lowest BCUT2D eigenvalue weighted by Gasteiger charge is -2.18. The summed E-state index contributed by atoms with van der Waals surface area (Å²) in [5, 5.41) is 24.8. The van der Waals surface area contributed by atoms with E-state index in [4.69, 9.17) is 10.8 Å². The van der Waals surface area contributed by atoms with Crippen molar-refractivity contribution in [1.29, 1.82) is 0 Å². The van der Waals surface area contributed by atoms with Crippen LogP contribution in [0.3, 0.4) is 0 Å². The van der Waals surface area contributed by atoms with Crippen LogP contribution in [0.4, 0.5) is 5.69 Å². The van der Waals surface area contributed by atoms with Crippen LogP contribution in [0, 0.1) is 6.92 Å². The lowest BCUT2D eigenvalue weighted by atomic mass is 10.1. The van der Waals surface area contributed by atoms with Gasteiger partial charge in [-0.3, -0.25) is 9.59 Å². The number of nitrogens with two attached hydrogens (primary N) is 1. The van der Waals surface area contributed by atoms with Gasteiger partial charge < -0.3 is 31.1 Å². The number of anilines is 1. The van der Waals surface area contributed by atoms with E-state index in [0.29, 0.717) is 37.0 Å². The Balaban J connectivity index is 0.00000233. The minimum atomic E-state index is -0.733. The average Bonchev–Trinajstić information content (AvgIpc) is 2.78. The number of hydrogen-bond donors (Lipinski definition) is 5. The molecule has 0 aliphatic heterocycles. The topological polar surface area (TPSA) is 155 Å². The first-order valence-corrected chi connectivity index (χ1v) is 10.4. The summed E-state index contributed by atoms with van der Waals surface area (Å²) in [6, 6.07) is 3.70. The van der Waals surface area contributed by atoms with Crippen LogP contribution in [0.2, 0.25) is 0 Å². The fourth-order valence-electron chi connectivity index (χ4n) is 3.05. The molecule has 2 amide bonds. The number of nitrogens with zero attached hydrogens (tertiary/aromatic N) is 3. The zero-order valence-corrected chi connectivity index (χ0v) is 18.7. The molecule has 31 heavy (non-hydrogen) atoms. The Morgan fingerprint density at radius 2 is 2.06 bits per heavy atom. The lowest BCUT2D eigenvalue weighted by molar-refractivity contribution is -0.107. The molecule has 0 saturated carbocycles.